The Bertz CT molecular complexity index is 1320. The Morgan fingerprint density at radius 3 is 2.87 bits per heavy atom. The van der Waals surface area contributed by atoms with Crippen molar-refractivity contribution in [3.63, 3.8) is 0 Å². The molecule has 1 aliphatic rings. The normalized spacial score (nSPS) is 13.4. The first kappa shape index (κ1) is 19.5. The van der Waals surface area contributed by atoms with Gasteiger partial charge in [0, 0.05) is 5.69 Å². The maximum absolute atomic E-state index is 13.2. The molecule has 0 aliphatic heterocycles. The van der Waals surface area contributed by atoms with Crippen LogP contribution >= 0.6 is 0 Å². The van der Waals surface area contributed by atoms with Gasteiger partial charge in [0.05, 0.1) is 24.1 Å². The van der Waals surface area contributed by atoms with E-state index in [2.05, 4.69) is 15.0 Å². The first-order valence-corrected chi connectivity index (χ1v) is 10.7. The number of para-hydroxylation sites is 1. The van der Waals surface area contributed by atoms with Crippen LogP contribution in [0.4, 0.5) is 0 Å². The third kappa shape index (κ3) is 3.60. The molecule has 3 aromatic heterocycles. The zero-order chi connectivity index (χ0) is 21.4. The molecule has 0 bridgehead atoms. The fourth-order valence-electron chi connectivity index (χ4n) is 4.10. The molecule has 0 radical (unpaired) electrons. The van der Waals surface area contributed by atoms with Gasteiger partial charge in [-0.25, -0.2) is 15.0 Å². The summed E-state index contributed by atoms with van der Waals surface area (Å²) < 4.78 is 13.2. The monoisotopic (exact) mass is 416 g/mol. The Morgan fingerprint density at radius 1 is 1.16 bits per heavy atom. The molecule has 0 spiro atoms. The molecule has 0 saturated carbocycles. The number of oxazole rings is 1. The molecule has 1 aromatic carbocycles. The van der Waals surface area contributed by atoms with E-state index >= 15 is 0 Å². The summed E-state index contributed by atoms with van der Waals surface area (Å²) in [6.07, 6.45) is 5.76. The van der Waals surface area contributed by atoms with Crippen LogP contribution in [0.25, 0.3) is 22.5 Å². The first-order chi connectivity index (χ1) is 15.1. The highest BCUT2D eigenvalue weighted by molar-refractivity contribution is 5.74. The minimum atomic E-state index is -0.107. The van der Waals surface area contributed by atoms with Gasteiger partial charge in [0.1, 0.15) is 23.5 Å². The van der Waals surface area contributed by atoms with E-state index in [9.17, 15) is 4.79 Å². The average Bonchev–Trinajstić information content (AvgIpc) is 3.15. The van der Waals surface area contributed by atoms with Crippen LogP contribution in [0.3, 0.4) is 0 Å². The van der Waals surface area contributed by atoms with Crippen LogP contribution in [0.1, 0.15) is 42.5 Å². The van der Waals surface area contributed by atoms with Gasteiger partial charge < -0.3 is 9.15 Å². The van der Waals surface area contributed by atoms with Crippen LogP contribution in [-0.4, -0.2) is 26.1 Å². The smallest absolute Gasteiger partial charge is 0.263 e. The molecule has 0 atom stereocenters. The zero-order valence-corrected chi connectivity index (χ0v) is 17.7. The molecule has 158 valence electrons. The van der Waals surface area contributed by atoms with Gasteiger partial charge in [0.15, 0.2) is 5.65 Å². The van der Waals surface area contributed by atoms with Gasteiger partial charge in [-0.3, -0.25) is 9.36 Å². The predicted molar refractivity (Wildman–Crippen MR) is 117 cm³/mol. The second-order valence-corrected chi connectivity index (χ2v) is 7.80. The van der Waals surface area contributed by atoms with Crippen LogP contribution in [-0.2, 0) is 19.4 Å². The number of nitrogens with zero attached hydrogens (tertiary/aromatic N) is 4. The van der Waals surface area contributed by atoms with E-state index in [0.717, 1.165) is 42.7 Å². The van der Waals surface area contributed by atoms with Gasteiger partial charge >= 0.3 is 0 Å². The molecular weight excluding hydrogens is 392 g/mol. The standard InChI is InChI=1S/C24H24N4O3/c1-3-30-21-11-7-5-9-17(21)23-27-20(15(2)31-23)13-28-14-25-22-18(24(28)29)12-16-8-4-6-10-19(16)26-22/h5,7,9,11-12,14H,3-4,6,8,10,13H2,1-2H3. The van der Waals surface area contributed by atoms with Crippen molar-refractivity contribution in [2.24, 2.45) is 0 Å². The number of benzene rings is 1. The van der Waals surface area contributed by atoms with Crippen molar-refractivity contribution in [3.8, 4) is 17.2 Å². The topological polar surface area (TPSA) is 83.0 Å². The van der Waals surface area contributed by atoms with E-state index in [1.165, 1.54) is 5.56 Å². The number of hydrogen-bond acceptors (Lipinski definition) is 6. The number of fused-ring (bicyclic) bond motifs is 2. The lowest BCUT2D eigenvalue weighted by molar-refractivity contribution is 0.340. The van der Waals surface area contributed by atoms with Gasteiger partial charge in [-0.15, -0.1) is 0 Å². The Labute approximate surface area is 179 Å². The molecule has 0 unspecified atom stereocenters. The molecule has 7 heteroatoms. The van der Waals surface area contributed by atoms with E-state index in [0.29, 0.717) is 35.0 Å². The third-order valence-corrected chi connectivity index (χ3v) is 5.72. The van der Waals surface area contributed by atoms with E-state index < -0.39 is 0 Å². The summed E-state index contributed by atoms with van der Waals surface area (Å²) in [5.74, 6) is 1.86. The van der Waals surface area contributed by atoms with E-state index in [-0.39, 0.29) is 12.1 Å². The van der Waals surface area contributed by atoms with Gasteiger partial charge in [-0.05, 0) is 63.3 Å². The van der Waals surface area contributed by atoms with Crippen molar-refractivity contribution >= 4 is 11.0 Å². The predicted octanol–water partition coefficient (Wildman–Crippen LogP) is 4.08. The van der Waals surface area contributed by atoms with Crippen LogP contribution in [0.5, 0.6) is 5.75 Å². The Hall–Kier alpha value is -3.48. The van der Waals surface area contributed by atoms with Crippen molar-refractivity contribution in [2.75, 3.05) is 6.61 Å². The minimum Gasteiger partial charge on any atom is -0.493 e. The van der Waals surface area contributed by atoms with E-state index in [1.54, 1.807) is 10.9 Å². The molecule has 4 aromatic rings. The molecule has 1 aliphatic carbocycles. The summed E-state index contributed by atoms with van der Waals surface area (Å²) in [5, 5.41) is 0.561. The number of hydrogen-bond donors (Lipinski definition) is 0. The van der Waals surface area contributed by atoms with Crippen LogP contribution in [0.15, 0.2) is 45.9 Å². The number of rotatable bonds is 5. The fraction of sp³-hybridized carbons (Fsp3) is 0.333. The summed E-state index contributed by atoms with van der Waals surface area (Å²) in [6, 6.07) is 9.62. The van der Waals surface area contributed by atoms with Crippen molar-refractivity contribution in [1.29, 1.82) is 0 Å². The summed E-state index contributed by atoms with van der Waals surface area (Å²) in [6.45, 7) is 4.63. The highest BCUT2D eigenvalue weighted by Gasteiger charge is 2.18. The number of ether oxygens (including phenoxy) is 1. The molecule has 5 rings (SSSR count). The maximum Gasteiger partial charge on any atom is 0.263 e. The minimum absolute atomic E-state index is 0.107. The van der Waals surface area contributed by atoms with Crippen LogP contribution < -0.4 is 10.3 Å². The van der Waals surface area contributed by atoms with Gasteiger partial charge in [0.25, 0.3) is 5.56 Å². The summed E-state index contributed by atoms with van der Waals surface area (Å²) in [7, 11) is 0. The van der Waals surface area contributed by atoms with Crippen molar-refractivity contribution in [1.82, 2.24) is 19.5 Å². The average molecular weight is 416 g/mol. The van der Waals surface area contributed by atoms with E-state index in [4.69, 9.17) is 9.15 Å². The molecular formula is C24H24N4O3. The molecule has 7 nitrogen and oxygen atoms in total. The first-order valence-electron chi connectivity index (χ1n) is 10.7. The Kier molecular flexibility index (Phi) is 5.02. The van der Waals surface area contributed by atoms with Crippen LogP contribution in [0, 0.1) is 6.92 Å². The summed E-state index contributed by atoms with van der Waals surface area (Å²) in [5.41, 5.74) is 4.14. The van der Waals surface area contributed by atoms with Crippen molar-refractivity contribution in [3.05, 3.63) is 69.7 Å². The van der Waals surface area contributed by atoms with Crippen molar-refractivity contribution < 1.29 is 9.15 Å². The lowest BCUT2D eigenvalue weighted by Gasteiger charge is -2.15. The lowest BCUT2D eigenvalue weighted by Crippen LogP contribution is -2.23. The molecule has 0 N–H and O–H groups in total. The Balaban J connectivity index is 1.51. The number of pyridine rings is 1. The summed E-state index contributed by atoms with van der Waals surface area (Å²) in [4.78, 5) is 26.9. The summed E-state index contributed by atoms with van der Waals surface area (Å²) >= 11 is 0. The lowest BCUT2D eigenvalue weighted by atomic mass is 9.95. The quantitative estimate of drug-likeness (QED) is 0.487. The largest absolute Gasteiger partial charge is 0.493 e. The number of aryl methyl sites for hydroxylation is 3. The van der Waals surface area contributed by atoms with Crippen molar-refractivity contribution in [2.45, 2.75) is 46.1 Å². The highest BCUT2D eigenvalue weighted by Crippen LogP contribution is 2.30. The molecule has 0 fully saturated rings. The van der Waals surface area contributed by atoms with Gasteiger partial charge in [-0.2, -0.15) is 0 Å². The van der Waals surface area contributed by atoms with Crippen LogP contribution in [0.2, 0.25) is 0 Å². The van der Waals surface area contributed by atoms with Gasteiger partial charge in [0.2, 0.25) is 5.89 Å². The SMILES string of the molecule is CCOc1ccccc1-c1nc(Cn2cnc3nc4c(cc3c2=O)CCCC4)c(C)o1. The number of aromatic nitrogens is 4. The maximum atomic E-state index is 13.2. The highest BCUT2D eigenvalue weighted by atomic mass is 16.5. The zero-order valence-electron chi connectivity index (χ0n) is 17.7. The third-order valence-electron chi connectivity index (χ3n) is 5.72. The second-order valence-electron chi connectivity index (χ2n) is 7.80. The molecule has 0 saturated heterocycles. The molecule has 3 heterocycles. The molecule has 0 amide bonds. The Morgan fingerprint density at radius 2 is 2.00 bits per heavy atom. The molecule has 31 heavy (non-hydrogen) atoms. The fourth-order valence-corrected chi connectivity index (χ4v) is 4.10. The second kappa shape index (κ2) is 7.98. The van der Waals surface area contributed by atoms with E-state index in [1.807, 2.05) is 44.2 Å². The van der Waals surface area contributed by atoms with Gasteiger partial charge in [-0.1, -0.05) is 12.1 Å².